The summed E-state index contributed by atoms with van der Waals surface area (Å²) in [5.41, 5.74) is 1.49. The summed E-state index contributed by atoms with van der Waals surface area (Å²) in [6.45, 7) is 1.77. The van der Waals surface area contributed by atoms with Crippen molar-refractivity contribution in [2.45, 2.75) is 11.8 Å². The van der Waals surface area contributed by atoms with Gasteiger partial charge in [0.05, 0.1) is 17.3 Å². The first-order valence-corrected chi connectivity index (χ1v) is 7.62. The molecule has 0 unspecified atom stereocenters. The smallest absolute Gasteiger partial charge is 0.265 e. The normalized spacial score (nSPS) is 10.7. The molecule has 0 aliphatic rings. The van der Waals surface area contributed by atoms with Crippen LogP contribution in [0.15, 0.2) is 41.4 Å². The van der Waals surface area contributed by atoms with Crippen LogP contribution in [-0.4, -0.2) is 20.4 Å². The number of anilines is 2. The third-order valence-corrected chi connectivity index (χ3v) is 4.31. The molecule has 0 atom stereocenters. The molecule has 0 aliphatic carbocycles. The Kier molecular flexibility index (Phi) is 4.10. The topological polar surface area (TPSA) is 94.9 Å². The molecular weight excluding hydrogens is 288 g/mol. The second-order valence-corrected chi connectivity index (χ2v) is 6.00. The van der Waals surface area contributed by atoms with Gasteiger partial charge >= 0.3 is 0 Å². The number of aryl methyl sites for hydroxylation is 1. The van der Waals surface area contributed by atoms with Crippen LogP contribution in [0.3, 0.4) is 0 Å². The molecule has 2 rings (SSSR count). The molecule has 0 bridgehead atoms. The first-order valence-electron chi connectivity index (χ1n) is 6.14. The van der Waals surface area contributed by atoms with Gasteiger partial charge in [-0.3, -0.25) is 4.72 Å². The summed E-state index contributed by atoms with van der Waals surface area (Å²) < 4.78 is 27.4. The zero-order chi connectivity index (χ0) is 15.5. The van der Waals surface area contributed by atoms with Gasteiger partial charge in [-0.05, 0) is 36.8 Å². The molecule has 0 amide bonds. The summed E-state index contributed by atoms with van der Waals surface area (Å²) >= 11 is 0. The highest BCUT2D eigenvalue weighted by atomic mass is 32.2. The third-order valence-electron chi connectivity index (χ3n) is 2.91. The van der Waals surface area contributed by atoms with E-state index in [1.54, 1.807) is 32.2 Å². The van der Waals surface area contributed by atoms with Crippen LogP contribution in [0.25, 0.3) is 0 Å². The van der Waals surface area contributed by atoms with Gasteiger partial charge in [-0.25, -0.2) is 13.4 Å². The third kappa shape index (κ3) is 3.12. The first-order chi connectivity index (χ1) is 9.97. The van der Waals surface area contributed by atoms with Crippen molar-refractivity contribution >= 4 is 21.5 Å². The predicted octanol–water partition coefficient (Wildman–Crippen LogP) is 2.10. The van der Waals surface area contributed by atoms with Crippen molar-refractivity contribution in [2.24, 2.45) is 0 Å². The summed E-state index contributed by atoms with van der Waals surface area (Å²) in [6.07, 6.45) is 1.51. The number of rotatable bonds is 4. The fourth-order valence-electron chi connectivity index (χ4n) is 1.80. The molecule has 0 saturated carbocycles. The number of hydrogen-bond acceptors (Lipinski definition) is 5. The molecule has 2 aromatic rings. The van der Waals surface area contributed by atoms with E-state index in [1.165, 1.54) is 18.3 Å². The van der Waals surface area contributed by atoms with Gasteiger partial charge in [0.15, 0.2) is 0 Å². The molecule has 0 radical (unpaired) electrons. The fraction of sp³-hybridized carbons (Fsp3) is 0.143. The number of benzene rings is 1. The van der Waals surface area contributed by atoms with Gasteiger partial charge in [-0.15, -0.1) is 0 Å². The molecule has 21 heavy (non-hydrogen) atoms. The zero-order valence-corrected chi connectivity index (χ0v) is 12.4. The highest BCUT2D eigenvalue weighted by Gasteiger charge is 2.19. The average molecular weight is 302 g/mol. The second-order valence-electron chi connectivity index (χ2n) is 4.35. The van der Waals surface area contributed by atoms with Crippen LogP contribution in [0, 0.1) is 18.3 Å². The highest BCUT2D eigenvalue weighted by Crippen LogP contribution is 2.24. The van der Waals surface area contributed by atoms with E-state index in [0.29, 0.717) is 11.3 Å². The van der Waals surface area contributed by atoms with Gasteiger partial charge in [0, 0.05) is 13.2 Å². The van der Waals surface area contributed by atoms with Crippen LogP contribution in [-0.2, 0) is 10.0 Å². The van der Waals surface area contributed by atoms with E-state index in [0.717, 1.165) is 5.56 Å². The molecular formula is C14H14N4O2S. The molecule has 6 nitrogen and oxygen atoms in total. The van der Waals surface area contributed by atoms with E-state index in [9.17, 15) is 8.42 Å². The number of sulfonamides is 1. The van der Waals surface area contributed by atoms with Gasteiger partial charge in [-0.2, -0.15) is 5.26 Å². The number of nitrogens with one attached hydrogen (secondary N) is 2. The van der Waals surface area contributed by atoms with Crippen LogP contribution < -0.4 is 10.0 Å². The Morgan fingerprint density at radius 3 is 2.71 bits per heavy atom. The minimum Gasteiger partial charge on any atom is -0.372 e. The fourth-order valence-corrected chi connectivity index (χ4v) is 3.08. The van der Waals surface area contributed by atoms with Gasteiger partial charge in [0.25, 0.3) is 10.0 Å². The second kappa shape index (κ2) is 5.81. The number of nitriles is 1. The van der Waals surface area contributed by atoms with Crippen molar-refractivity contribution < 1.29 is 8.42 Å². The van der Waals surface area contributed by atoms with E-state index in [1.807, 2.05) is 6.07 Å². The zero-order valence-electron chi connectivity index (χ0n) is 11.6. The molecule has 0 aliphatic heterocycles. The van der Waals surface area contributed by atoms with Crippen molar-refractivity contribution in [3.8, 4) is 6.07 Å². The quantitative estimate of drug-likeness (QED) is 0.902. The summed E-state index contributed by atoms with van der Waals surface area (Å²) in [4.78, 5) is 4.03. The van der Waals surface area contributed by atoms with Crippen molar-refractivity contribution in [3.05, 3.63) is 47.7 Å². The Morgan fingerprint density at radius 2 is 2.05 bits per heavy atom. The maximum Gasteiger partial charge on any atom is 0.265 e. The van der Waals surface area contributed by atoms with Gasteiger partial charge in [0.2, 0.25) is 0 Å². The van der Waals surface area contributed by atoms with E-state index in [4.69, 9.17) is 5.26 Å². The molecule has 1 heterocycles. The molecule has 1 aromatic heterocycles. The van der Waals surface area contributed by atoms with E-state index in [-0.39, 0.29) is 10.7 Å². The lowest BCUT2D eigenvalue weighted by molar-refractivity contribution is 0.601. The molecule has 2 N–H and O–H groups in total. The lowest BCUT2D eigenvalue weighted by Crippen LogP contribution is -2.16. The summed E-state index contributed by atoms with van der Waals surface area (Å²) in [7, 11) is -2.19. The molecule has 1 aromatic carbocycles. The number of pyridine rings is 1. The summed E-state index contributed by atoms with van der Waals surface area (Å²) in [5, 5.41) is 11.6. The Balaban J connectivity index is 2.45. The van der Waals surface area contributed by atoms with E-state index < -0.39 is 10.0 Å². The van der Waals surface area contributed by atoms with Crippen LogP contribution in [0.2, 0.25) is 0 Å². The van der Waals surface area contributed by atoms with Crippen LogP contribution >= 0.6 is 0 Å². The van der Waals surface area contributed by atoms with Crippen molar-refractivity contribution in [2.75, 3.05) is 17.1 Å². The number of aromatic nitrogens is 1. The number of nitrogens with zero attached hydrogens (tertiary/aromatic N) is 2. The molecule has 0 spiro atoms. The SMILES string of the molecule is CNc1ncccc1S(=O)(=O)Nc1cc(C#N)ccc1C. The minimum atomic E-state index is -3.79. The number of hydrogen-bond donors (Lipinski definition) is 2. The summed E-state index contributed by atoms with van der Waals surface area (Å²) in [5.74, 6) is 0.263. The first kappa shape index (κ1) is 14.8. The molecule has 0 saturated heterocycles. The van der Waals surface area contributed by atoms with Crippen molar-refractivity contribution in [1.29, 1.82) is 5.26 Å². The van der Waals surface area contributed by atoms with Gasteiger partial charge < -0.3 is 5.32 Å². The average Bonchev–Trinajstić information content (AvgIpc) is 2.49. The predicted molar refractivity (Wildman–Crippen MR) is 80.5 cm³/mol. The van der Waals surface area contributed by atoms with E-state index >= 15 is 0 Å². The Hall–Kier alpha value is -2.59. The Morgan fingerprint density at radius 1 is 1.29 bits per heavy atom. The molecule has 7 heteroatoms. The monoisotopic (exact) mass is 302 g/mol. The Bertz CT molecular complexity index is 810. The van der Waals surface area contributed by atoms with Gasteiger partial charge in [0.1, 0.15) is 10.7 Å². The standard InChI is InChI=1S/C14H14N4O2S/c1-10-5-6-11(9-15)8-12(10)18-21(19,20)13-4-3-7-17-14(13)16-2/h3-8,18H,1-2H3,(H,16,17). The molecule has 0 fully saturated rings. The Labute approximate surface area is 123 Å². The van der Waals surface area contributed by atoms with E-state index in [2.05, 4.69) is 15.0 Å². The lowest BCUT2D eigenvalue weighted by Gasteiger charge is -2.13. The maximum atomic E-state index is 12.5. The van der Waals surface area contributed by atoms with Crippen LogP contribution in [0.1, 0.15) is 11.1 Å². The van der Waals surface area contributed by atoms with Crippen molar-refractivity contribution in [1.82, 2.24) is 4.98 Å². The lowest BCUT2D eigenvalue weighted by atomic mass is 10.1. The van der Waals surface area contributed by atoms with Crippen LogP contribution in [0.5, 0.6) is 0 Å². The largest absolute Gasteiger partial charge is 0.372 e. The molecule has 108 valence electrons. The van der Waals surface area contributed by atoms with Crippen molar-refractivity contribution in [3.63, 3.8) is 0 Å². The maximum absolute atomic E-state index is 12.5. The minimum absolute atomic E-state index is 0.0502. The van der Waals surface area contributed by atoms with Crippen LogP contribution in [0.4, 0.5) is 11.5 Å². The highest BCUT2D eigenvalue weighted by molar-refractivity contribution is 7.92. The van der Waals surface area contributed by atoms with Gasteiger partial charge in [-0.1, -0.05) is 6.07 Å². The summed E-state index contributed by atoms with van der Waals surface area (Å²) in [6, 6.07) is 9.83.